The van der Waals surface area contributed by atoms with Crippen LogP contribution in [0.25, 0.3) is 5.65 Å². The number of piperazine rings is 1. The molecule has 39 heavy (non-hydrogen) atoms. The number of aromatic nitrogens is 3. The lowest BCUT2D eigenvalue weighted by Gasteiger charge is -2.43. The summed E-state index contributed by atoms with van der Waals surface area (Å²) in [5.74, 6) is -0.343. The number of aliphatic hydroxyl groups is 1. The molecule has 11 nitrogen and oxygen atoms in total. The molecule has 2 aromatic heterocycles. The van der Waals surface area contributed by atoms with Crippen molar-refractivity contribution in [2.24, 2.45) is 0 Å². The van der Waals surface area contributed by atoms with Crippen molar-refractivity contribution < 1.29 is 19.4 Å². The molecular weight excluding hydrogens is 498 g/mol. The van der Waals surface area contributed by atoms with Gasteiger partial charge >= 0.3 is 0 Å². The first kappa shape index (κ1) is 25.7. The third-order valence-electron chi connectivity index (χ3n) is 7.94. The maximum atomic E-state index is 13.5. The largest absolute Gasteiger partial charge is 0.390 e. The number of benzene rings is 1. The summed E-state index contributed by atoms with van der Waals surface area (Å²) in [6.45, 7) is 10.8. The van der Waals surface area contributed by atoms with Crippen LogP contribution in [0.15, 0.2) is 36.8 Å². The van der Waals surface area contributed by atoms with Crippen molar-refractivity contribution in [3.05, 3.63) is 53.5 Å². The maximum Gasteiger partial charge on any atom is 0.261 e. The Hall–Kier alpha value is -3.54. The second-order valence-corrected chi connectivity index (χ2v) is 11.4. The lowest BCUT2D eigenvalue weighted by Crippen LogP contribution is -2.56. The summed E-state index contributed by atoms with van der Waals surface area (Å²) < 4.78 is 6.95. The molecule has 0 unspecified atom stereocenters. The van der Waals surface area contributed by atoms with Crippen LogP contribution < -0.4 is 10.2 Å². The van der Waals surface area contributed by atoms with E-state index in [1.54, 1.807) is 36.8 Å². The highest BCUT2D eigenvalue weighted by molar-refractivity contribution is 6.10. The summed E-state index contributed by atoms with van der Waals surface area (Å²) in [5.41, 5.74) is 3.00. The molecule has 2 N–H and O–H groups in total. The van der Waals surface area contributed by atoms with E-state index in [-0.39, 0.29) is 17.9 Å². The summed E-state index contributed by atoms with van der Waals surface area (Å²) in [6.07, 6.45) is 5.38. The van der Waals surface area contributed by atoms with Crippen LogP contribution >= 0.6 is 0 Å². The molecule has 3 aliphatic heterocycles. The zero-order valence-electron chi connectivity index (χ0n) is 22.6. The first-order valence-corrected chi connectivity index (χ1v) is 13.5. The van der Waals surface area contributed by atoms with Gasteiger partial charge in [-0.1, -0.05) is 0 Å². The second-order valence-electron chi connectivity index (χ2n) is 11.4. The van der Waals surface area contributed by atoms with E-state index in [1.807, 2.05) is 24.0 Å². The Morgan fingerprint density at radius 1 is 1.23 bits per heavy atom. The molecule has 0 saturated carbocycles. The number of carbonyl (C=O) groups excluding carboxylic acids is 2. The zero-order valence-corrected chi connectivity index (χ0v) is 22.6. The van der Waals surface area contributed by atoms with Crippen molar-refractivity contribution in [2.45, 2.75) is 51.4 Å². The highest BCUT2D eigenvalue weighted by atomic mass is 16.5. The average molecular weight is 534 g/mol. The lowest BCUT2D eigenvalue weighted by atomic mass is 9.99. The fraction of sp³-hybridized carbons (Fsp3) is 0.500. The molecule has 3 aliphatic rings. The minimum atomic E-state index is -0.883. The predicted molar refractivity (Wildman–Crippen MR) is 146 cm³/mol. The van der Waals surface area contributed by atoms with E-state index in [0.717, 1.165) is 50.6 Å². The first-order valence-electron chi connectivity index (χ1n) is 13.5. The molecule has 2 saturated heterocycles. The molecule has 1 atom stereocenters. The number of anilines is 2. The van der Waals surface area contributed by atoms with Gasteiger partial charge in [0.1, 0.15) is 5.56 Å². The molecule has 5 heterocycles. The van der Waals surface area contributed by atoms with Crippen LogP contribution in [0, 0.1) is 0 Å². The molecule has 3 aromatic rings. The minimum absolute atomic E-state index is 0.0436. The summed E-state index contributed by atoms with van der Waals surface area (Å²) in [7, 11) is 0. The Kier molecular flexibility index (Phi) is 6.52. The van der Waals surface area contributed by atoms with Crippen LogP contribution in [-0.4, -0.2) is 98.4 Å². The number of rotatable bonds is 7. The third-order valence-corrected chi connectivity index (χ3v) is 7.94. The fourth-order valence-electron chi connectivity index (χ4n) is 5.86. The van der Waals surface area contributed by atoms with Crippen LogP contribution in [0.2, 0.25) is 0 Å². The molecule has 0 spiro atoms. The number of ether oxygens (including phenoxy) is 1. The number of amides is 2. The van der Waals surface area contributed by atoms with E-state index in [0.29, 0.717) is 41.5 Å². The van der Waals surface area contributed by atoms with Crippen LogP contribution in [-0.2, 0) is 11.3 Å². The standard InChI is InChI=1S/C28H35N7O4/c1-18(13-28(2,3)38)34-15-19-11-23(31-26(36)22-14-30-35-6-4-5-29-25(22)35)24(12-21(19)27(34)37)33-9-7-32(8-10-33)20-16-39-17-20/h4-6,11-12,14,18,20,38H,7-10,13,15-17H2,1-3H3,(H,31,36)/t18-/m0/s1. The van der Waals surface area contributed by atoms with Crippen LogP contribution in [0.4, 0.5) is 11.4 Å². The van der Waals surface area contributed by atoms with E-state index in [4.69, 9.17) is 4.74 Å². The van der Waals surface area contributed by atoms with Gasteiger partial charge in [-0.15, -0.1) is 0 Å². The number of fused-ring (bicyclic) bond motifs is 2. The number of nitrogens with one attached hydrogen (secondary N) is 1. The Morgan fingerprint density at radius 2 is 2.00 bits per heavy atom. The summed E-state index contributed by atoms with van der Waals surface area (Å²) in [4.78, 5) is 37.8. The maximum absolute atomic E-state index is 13.5. The number of nitrogens with zero attached hydrogens (tertiary/aromatic N) is 6. The molecule has 0 bridgehead atoms. The topological polar surface area (TPSA) is 116 Å². The van der Waals surface area contributed by atoms with Gasteiger partial charge in [0, 0.05) is 56.7 Å². The average Bonchev–Trinajstić information content (AvgIpc) is 3.43. The van der Waals surface area contributed by atoms with E-state index in [9.17, 15) is 14.7 Å². The molecule has 0 radical (unpaired) electrons. The first-order chi connectivity index (χ1) is 18.7. The monoisotopic (exact) mass is 533 g/mol. The van der Waals surface area contributed by atoms with Crippen molar-refractivity contribution in [1.82, 2.24) is 24.4 Å². The fourth-order valence-corrected chi connectivity index (χ4v) is 5.86. The van der Waals surface area contributed by atoms with Gasteiger partial charge in [0.2, 0.25) is 0 Å². The molecule has 6 rings (SSSR count). The predicted octanol–water partition coefficient (Wildman–Crippen LogP) is 2.01. The lowest BCUT2D eigenvalue weighted by molar-refractivity contribution is -0.0660. The number of hydrogen-bond acceptors (Lipinski definition) is 8. The van der Waals surface area contributed by atoms with Gasteiger partial charge < -0.3 is 25.0 Å². The van der Waals surface area contributed by atoms with Gasteiger partial charge in [-0.3, -0.25) is 14.5 Å². The third kappa shape index (κ3) is 4.97. The normalized spacial score (nSPS) is 19.3. The van der Waals surface area contributed by atoms with Crippen molar-refractivity contribution in [2.75, 3.05) is 49.6 Å². The van der Waals surface area contributed by atoms with Crippen molar-refractivity contribution in [1.29, 1.82) is 0 Å². The highest BCUT2D eigenvalue weighted by Gasteiger charge is 2.36. The van der Waals surface area contributed by atoms with E-state index in [1.165, 1.54) is 6.20 Å². The van der Waals surface area contributed by atoms with Gasteiger partial charge in [-0.2, -0.15) is 5.10 Å². The minimum Gasteiger partial charge on any atom is -0.390 e. The summed E-state index contributed by atoms with van der Waals surface area (Å²) >= 11 is 0. The Morgan fingerprint density at radius 3 is 2.69 bits per heavy atom. The van der Waals surface area contributed by atoms with Gasteiger partial charge in [0.05, 0.1) is 42.4 Å². The SMILES string of the molecule is C[C@@H](CC(C)(C)O)N1Cc2cc(NC(=O)c3cnn4cccnc34)c(N3CCN(C4COC4)CC3)cc2C1=O. The molecule has 0 aliphatic carbocycles. The van der Waals surface area contributed by atoms with Gasteiger partial charge in [0.25, 0.3) is 11.8 Å². The molecule has 2 fully saturated rings. The summed E-state index contributed by atoms with van der Waals surface area (Å²) in [5, 5.41) is 17.7. The Bertz CT molecular complexity index is 1400. The quantitative estimate of drug-likeness (QED) is 0.474. The molecule has 2 amide bonds. The summed E-state index contributed by atoms with van der Waals surface area (Å²) in [6, 6.07) is 5.96. The number of carbonyl (C=O) groups is 2. The smallest absolute Gasteiger partial charge is 0.261 e. The van der Waals surface area contributed by atoms with Crippen molar-refractivity contribution in [3.8, 4) is 0 Å². The van der Waals surface area contributed by atoms with Crippen LogP contribution in [0.5, 0.6) is 0 Å². The number of hydrogen-bond donors (Lipinski definition) is 2. The van der Waals surface area contributed by atoms with Gasteiger partial charge in [0.15, 0.2) is 5.65 Å². The van der Waals surface area contributed by atoms with Crippen molar-refractivity contribution >= 4 is 28.8 Å². The second kappa shape index (κ2) is 9.89. The van der Waals surface area contributed by atoms with E-state index in [2.05, 4.69) is 25.2 Å². The molecule has 206 valence electrons. The van der Waals surface area contributed by atoms with E-state index >= 15 is 0 Å². The molecular formula is C28H35N7O4. The molecule has 1 aromatic carbocycles. The van der Waals surface area contributed by atoms with Crippen LogP contribution in [0.1, 0.15) is 53.5 Å². The van der Waals surface area contributed by atoms with Crippen molar-refractivity contribution in [3.63, 3.8) is 0 Å². The van der Waals surface area contributed by atoms with Gasteiger partial charge in [-0.05, 0) is 51.0 Å². The zero-order chi connectivity index (χ0) is 27.3. The van der Waals surface area contributed by atoms with E-state index < -0.39 is 5.60 Å². The van der Waals surface area contributed by atoms with Gasteiger partial charge in [-0.25, -0.2) is 9.50 Å². The Balaban J connectivity index is 1.30. The highest BCUT2D eigenvalue weighted by Crippen LogP contribution is 2.37. The molecule has 11 heteroatoms. The Labute approximate surface area is 227 Å². The van der Waals surface area contributed by atoms with Crippen LogP contribution in [0.3, 0.4) is 0 Å².